The highest BCUT2D eigenvalue weighted by molar-refractivity contribution is 5.87. The number of morpholine rings is 1. The lowest BCUT2D eigenvalue weighted by molar-refractivity contribution is -0.142. The SMILES string of the molecule is CN(CC(=O)N1CCOCC1)C(=O)C1CC12CCNCC2.Cl. The van der Waals surface area contributed by atoms with Crippen LogP contribution in [-0.4, -0.2) is 74.6 Å². The van der Waals surface area contributed by atoms with E-state index in [0.29, 0.717) is 26.3 Å². The van der Waals surface area contributed by atoms with Crippen LogP contribution in [0.4, 0.5) is 0 Å². The molecule has 2 saturated heterocycles. The van der Waals surface area contributed by atoms with Crippen LogP contribution in [0.3, 0.4) is 0 Å². The summed E-state index contributed by atoms with van der Waals surface area (Å²) in [6.45, 7) is 4.70. The number of piperidine rings is 1. The summed E-state index contributed by atoms with van der Waals surface area (Å²) in [5, 5.41) is 3.35. The fourth-order valence-corrected chi connectivity index (χ4v) is 3.63. The first-order chi connectivity index (χ1) is 10.1. The Morgan fingerprint density at radius 3 is 2.55 bits per heavy atom. The minimum atomic E-state index is 0. The predicted octanol–water partition coefficient (Wildman–Crippen LogP) is 0.115. The van der Waals surface area contributed by atoms with Gasteiger partial charge in [0.25, 0.3) is 0 Å². The smallest absolute Gasteiger partial charge is 0.242 e. The summed E-state index contributed by atoms with van der Waals surface area (Å²) in [6, 6.07) is 0. The molecule has 1 atom stereocenters. The molecule has 1 N–H and O–H groups in total. The molecule has 0 bridgehead atoms. The topological polar surface area (TPSA) is 61.9 Å². The van der Waals surface area contributed by atoms with Gasteiger partial charge in [0.15, 0.2) is 0 Å². The molecule has 3 fully saturated rings. The van der Waals surface area contributed by atoms with Crippen molar-refractivity contribution < 1.29 is 14.3 Å². The molecule has 2 aliphatic heterocycles. The Labute approximate surface area is 137 Å². The Kier molecular flexibility index (Phi) is 5.69. The van der Waals surface area contributed by atoms with Crippen molar-refractivity contribution in [2.75, 3.05) is 53.0 Å². The van der Waals surface area contributed by atoms with Crippen LogP contribution in [0.25, 0.3) is 0 Å². The van der Waals surface area contributed by atoms with E-state index in [1.165, 1.54) is 0 Å². The first kappa shape index (κ1) is 17.5. The second kappa shape index (κ2) is 7.15. The van der Waals surface area contributed by atoms with E-state index in [4.69, 9.17) is 4.74 Å². The molecule has 0 radical (unpaired) electrons. The number of amides is 2. The van der Waals surface area contributed by atoms with Gasteiger partial charge >= 0.3 is 0 Å². The number of ether oxygens (including phenoxy) is 1. The molecule has 3 aliphatic rings. The Balaban J connectivity index is 0.00000176. The van der Waals surface area contributed by atoms with Crippen LogP contribution in [0.15, 0.2) is 0 Å². The molecule has 126 valence electrons. The van der Waals surface area contributed by atoms with Gasteiger partial charge in [-0.05, 0) is 37.8 Å². The molecule has 1 spiro atoms. The zero-order valence-corrected chi connectivity index (χ0v) is 14.0. The van der Waals surface area contributed by atoms with Crippen LogP contribution >= 0.6 is 12.4 Å². The highest BCUT2D eigenvalue weighted by Gasteiger charge is 2.58. The van der Waals surface area contributed by atoms with E-state index in [1.807, 2.05) is 0 Å². The van der Waals surface area contributed by atoms with E-state index in [9.17, 15) is 9.59 Å². The number of halogens is 1. The third-order valence-electron chi connectivity index (χ3n) is 5.20. The molecule has 0 aromatic carbocycles. The molecule has 6 nitrogen and oxygen atoms in total. The van der Waals surface area contributed by atoms with Crippen molar-refractivity contribution in [2.45, 2.75) is 19.3 Å². The van der Waals surface area contributed by atoms with Gasteiger partial charge in [0, 0.05) is 26.1 Å². The second-order valence-corrected chi connectivity index (χ2v) is 6.56. The van der Waals surface area contributed by atoms with Gasteiger partial charge in [-0.25, -0.2) is 0 Å². The lowest BCUT2D eigenvalue weighted by Gasteiger charge is -2.29. The Hall–Kier alpha value is -0.850. The van der Waals surface area contributed by atoms with E-state index >= 15 is 0 Å². The maximum atomic E-state index is 12.5. The molecule has 1 aliphatic carbocycles. The average Bonchev–Trinajstić information content (AvgIpc) is 3.21. The molecular formula is C15H26ClN3O3. The van der Waals surface area contributed by atoms with Crippen molar-refractivity contribution in [3.63, 3.8) is 0 Å². The van der Waals surface area contributed by atoms with Gasteiger partial charge in [-0.3, -0.25) is 9.59 Å². The van der Waals surface area contributed by atoms with Gasteiger partial charge < -0.3 is 19.9 Å². The average molecular weight is 332 g/mol. The molecule has 2 amide bonds. The first-order valence-electron chi connectivity index (χ1n) is 7.94. The van der Waals surface area contributed by atoms with E-state index in [0.717, 1.165) is 32.4 Å². The quantitative estimate of drug-likeness (QED) is 0.797. The summed E-state index contributed by atoms with van der Waals surface area (Å²) < 4.78 is 5.25. The summed E-state index contributed by atoms with van der Waals surface area (Å²) >= 11 is 0. The molecule has 3 rings (SSSR count). The number of carbonyl (C=O) groups excluding carboxylic acids is 2. The lowest BCUT2D eigenvalue weighted by Crippen LogP contribution is -2.46. The number of hydrogen-bond acceptors (Lipinski definition) is 4. The molecule has 7 heteroatoms. The van der Waals surface area contributed by atoms with Crippen molar-refractivity contribution in [1.82, 2.24) is 15.1 Å². The summed E-state index contributed by atoms with van der Waals surface area (Å²) in [6.07, 6.45) is 3.19. The second-order valence-electron chi connectivity index (χ2n) is 6.56. The van der Waals surface area contributed by atoms with Crippen LogP contribution in [0.2, 0.25) is 0 Å². The van der Waals surface area contributed by atoms with Crippen molar-refractivity contribution in [2.24, 2.45) is 11.3 Å². The minimum absolute atomic E-state index is 0. The standard InChI is InChI=1S/C15H25N3O3.ClH/c1-17(11-13(19)18-6-8-21-9-7-18)14(20)12-10-15(12)2-4-16-5-3-15;/h12,16H,2-11H2,1H3;1H. The Morgan fingerprint density at radius 1 is 1.27 bits per heavy atom. The Bertz CT molecular complexity index is 420. The number of hydrogen-bond donors (Lipinski definition) is 1. The molecule has 22 heavy (non-hydrogen) atoms. The third-order valence-corrected chi connectivity index (χ3v) is 5.20. The van der Waals surface area contributed by atoms with Crippen molar-refractivity contribution in [1.29, 1.82) is 0 Å². The van der Waals surface area contributed by atoms with Crippen LogP contribution in [0.1, 0.15) is 19.3 Å². The highest BCUT2D eigenvalue weighted by atomic mass is 35.5. The van der Waals surface area contributed by atoms with Crippen LogP contribution in [0, 0.1) is 11.3 Å². The zero-order valence-electron chi connectivity index (χ0n) is 13.2. The maximum absolute atomic E-state index is 12.5. The summed E-state index contributed by atoms with van der Waals surface area (Å²) in [7, 11) is 1.76. The zero-order chi connectivity index (χ0) is 14.9. The first-order valence-corrected chi connectivity index (χ1v) is 7.94. The van der Waals surface area contributed by atoms with Gasteiger partial charge in [0.2, 0.25) is 11.8 Å². The van der Waals surface area contributed by atoms with E-state index in [2.05, 4.69) is 5.32 Å². The maximum Gasteiger partial charge on any atom is 0.242 e. The number of carbonyl (C=O) groups is 2. The fraction of sp³-hybridized carbons (Fsp3) is 0.867. The van der Waals surface area contributed by atoms with Crippen molar-refractivity contribution in [3.8, 4) is 0 Å². The highest BCUT2D eigenvalue weighted by Crippen LogP contribution is 2.59. The summed E-state index contributed by atoms with van der Waals surface area (Å²) in [4.78, 5) is 28.1. The molecule has 1 unspecified atom stereocenters. The summed E-state index contributed by atoms with van der Waals surface area (Å²) in [5.41, 5.74) is 0.235. The predicted molar refractivity (Wildman–Crippen MR) is 84.9 cm³/mol. The molecule has 1 saturated carbocycles. The number of rotatable bonds is 3. The third kappa shape index (κ3) is 3.55. The fourth-order valence-electron chi connectivity index (χ4n) is 3.63. The monoisotopic (exact) mass is 331 g/mol. The minimum Gasteiger partial charge on any atom is -0.378 e. The normalized spacial score (nSPS) is 26.2. The molecule has 0 aromatic rings. The van der Waals surface area contributed by atoms with E-state index < -0.39 is 0 Å². The molecule has 2 heterocycles. The molecule has 0 aromatic heterocycles. The van der Waals surface area contributed by atoms with Crippen molar-refractivity contribution in [3.05, 3.63) is 0 Å². The lowest BCUT2D eigenvalue weighted by atomic mass is 9.91. The van der Waals surface area contributed by atoms with Gasteiger partial charge in [-0.1, -0.05) is 0 Å². The van der Waals surface area contributed by atoms with Crippen LogP contribution in [-0.2, 0) is 14.3 Å². The molecular weight excluding hydrogens is 306 g/mol. The number of nitrogens with zero attached hydrogens (tertiary/aromatic N) is 2. The Morgan fingerprint density at radius 2 is 1.91 bits per heavy atom. The van der Waals surface area contributed by atoms with Gasteiger partial charge in [0.1, 0.15) is 0 Å². The largest absolute Gasteiger partial charge is 0.378 e. The number of nitrogens with one attached hydrogen (secondary N) is 1. The van der Waals surface area contributed by atoms with Gasteiger partial charge in [-0.2, -0.15) is 0 Å². The van der Waals surface area contributed by atoms with Crippen molar-refractivity contribution >= 4 is 24.2 Å². The summed E-state index contributed by atoms with van der Waals surface area (Å²) in [5.74, 6) is 0.328. The van der Waals surface area contributed by atoms with E-state index in [1.54, 1.807) is 16.8 Å². The van der Waals surface area contributed by atoms with Crippen LogP contribution in [0.5, 0.6) is 0 Å². The van der Waals surface area contributed by atoms with E-state index in [-0.39, 0.29) is 42.1 Å². The van der Waals surface area contributed by atoms with Crippen LogP contribution < -0.4 is 5.32 Å². The van der Waals surface area contributed by atoms with Gasteiger partial charge in [-0.15, -0.1) is 12.4 Å². The van der Waals surface area contributed by atoms with Gasteiger partial charge in [0.05, 0.1) is 19.8 Å². The number of likely N-dealkylation sites (N-methyl/N-ethyl adjacent to an activating group) is 1.